The first-order valence-electron chi connectivity index (χ1n) is 8.97. The van der Waals surface area contributed by atoms with Crippen LogP contribution in [0.15, 0.2) is 58.4 Å². The summed E-state index contributed by atoms with van der Waals surface area (Å²) in [5.74, 6) is -0.0956. The highest BCUT2D eigenvalue weighted by Crippen LogP contribution is 2.49. The van der Waals surface area contributed by atoms with Gasteiger partial charge in [0, 0.05) is 0 Å². The number of hydrogen-bond donors (Lipinski definition) is 1. The van der Waals surface area contributed by atoms with E-state index in [4.69, 9.17) is 10.5 Å². The number of halogens is 1. The molecule has 2 aromatic carbocycles. The van der Waals surface area contributed by atoms with Gasteiger partial charge in [0.25, 0.3) is 0 Å². The van der Waals surface area contributed by atoms with E-state index in [0.29, 0.717) is 6.61 Å². The number of nitrogen functional groups attached to an aromatic ring is 1. The zero-order valence-corrected chi connectivity index (χ0v) is 17.4. The first-order valence-corrected chi connectivity index (χ1v) is 10.6. The number of rotatable bonds is 5. The maximum absolute atomic E-state index is 12.2. The number of hydrogen-bond acceptors (Lipinski definition) is 4. The monoisotopic (exact) mass is 441 g/mol. The van der Waals surface area contributed by atoms with Crippen LogP contribution < -0.4 is 5.73 Å². The molecule has 5 heteroatoms. The van der Waals surface area contributed by atoms with Gasteiger partial charge in [-0.25, -0.2) is 0 Å². The van der Waals surface area contributed by atoms with Crippen molar-refractivity contribution < 1.29 is 9.53 Å². The highest BCUT2D eigenvalue weighted by molar-refractivity contribution is 9.11. The predicted octanol–water partition coefficient (Wildman–Crippen LogP) is 6.02. The second kappa shape index (κ2) is 7.13. The number of nitrogens with two attached hydrogens (primary N) is 1. The molecule has 0 aliphatic heterocycles. The molecule has 4 rings (SSSR count). The first-order chi connectivity index (χ1) is 13.0. The van der Waals surface area contributed by atoms with Crippen molar-refractivity contribution in [3.63, 3.8) is 0 Å². The van der Waals surface area contributed by atoms with Crippen LogP contribution in [0.2, 0.25) is 0 Å². The predicted molar refractivity (Wildman–Crippen MR) is 115 cm³/mol. The van der Waals surface area contributed by atoms with Crippen LogP contribution in [0.1, 0.15) is 25.3 Å². The zero-order valence-electron chi connectivity index (χ0n) is 15.0. The average Bonchev–Trinajstić information content (AvgIpc) is 3.42. The van der Waals surface area contributed by atoms with Crippen LogP contribution in [-0.2, 0) is 14.9 Å². The molecule has 27 heavy (non-hydrogen) atoms. The summed E-state index contributed by atoms with van der Waals surface area (Å²) in [6.45, 7) is 2.28. The molecule has 3 nitrogen and oxygen atoms in total. The molecule has 2 N–H and O–H groups in total. The molecule has 1 aromatic heterocycles. The molecule has 0 bridgehead atoms. The van der Waals surface area contributed by atoms with Crippen molar-refractivity contribution in [3.05, 3.63) is 63.9 Å². The van der Waals surface area contributed by atoms with Crippen molar-refractivity contribution in [1.29, 1.82) is 0 Å². The normalized spacial score (nSPS) is 14.7. The van der Waals surface area contributed by atoms with Gasteiger partial charge in [0.2, 0.25) is 0 Å². The molecule has 1 aliphatic rings. The van der Waals surface area contributed by atoms with Crippen LogP contribution in [0.3, 0.4) is 0 Å². The van der Waals surface area contributed by atoms with E-state index in [1.54, 1.807) is 11.3 Å². The highest BCUT2D eigenvalue weighted by atomic mass is 79.9. The van der Waals surface area contributed by atoms with Gasteiger partial charge in [-0.05, 0) is 64.0 Å². The first kappa shape index (κ1) is 18.3. The van der Waals surface area contributed by atoms with Gasteiger partial charge in [-0.2, -0.15) is 0 Å². The molecule has 138 valence electrons. The number of ether oxygens (including phenoxy) is 1. The maximum atomic E-state index is 12.2. The number of benzene rings is 2. The van der Waals surface area contributed by atoms with Crippen molar-refractivity contribution in [1.82, 2.24) is 0 Å². The van der Waals surface area contributed by atoms with Crippen LogP contribution in [0.5, 0.6) is 0 Å². The molecule has 3 aromatic rings. The van der Waals surface area contributed by atoms with Gasteiger partial charge in [0.05, 0.1) is 26.4 Å². The molecule has 0 radical (unpaired) electrons. The summed E-state index contributed by atoms with van der Waals surface area (Å²) in [7, 11) is 0. The summed E-state index contributed by atoms with van der Waals surface area (Å²) in [5.41, 5.74) is 10.9. The quantitative estimate of drug-likeness (QED) is 0.492. The Morgan fingerprint density at radius 3 is 2.11 bits per heavy atom. The SMILES string of the molecule is CCOC(=O)C1(c2ccc(-c3ccc(-c4sc(Br)cc4N)cc3)cc2)CC1. The van der Waals surface area contributed by atoms with Crippen LogP contribution in [0.4, 0.5) is 5.69 Å². The lowest BCUT2D eigenvalue weighted by Gasteiger charge is -2.14. The summed E-state index contributed by atoms with van der Waals surface area (Å²) < 4.78 is 6.29. The zero-order chi connectivity index (χ0) is 19.0. The number of thiophene rings is 1. The van der Waals surface area contributed by atoms with Crippen molar-refractivity contribution in [2.75, 3.05) is 12.3 Å². The molecule has 1 saturated carbocycles. The molecule has 0 saturated heterocycles. The molecule has 0 spiro atoms. The summed E-state index contributed by atoms with van der Waals surface area (Å²) in [6.07, 6.45) is 1.75. The minimum absolute atomic E-state index is 0.0956. The fraction of sp³-hybridized carbons (Fsp3) is 0.227. The fourth-order valence-electron chi connectivity index (χ4n) is 3.40. The molecule has 1 heterocycles. The molecular weight excluding hydrogens is 422 g/mol. The summed E-state index contributed by atoms with van der Waals surface area (Å²) in [6, 6.07) is 18.6. The van der Waals surface area contributed by atoms with Gasteiger partial charge < -0.3 is 10.5 Å². The Hall–Kier alpha value is -2.11. The largest absolute Gasteiger partial charge is 0.465 e. The molecular formula is C22H20BrNO2S. The second-order valence-electron chi connectivity index (χ2n) is 6.79. The van der Waals surface area contributed by atoms with Crippen LogP contribution in [0, 0.1) is 0 Å². The lowest BCUT2D eigenvalue weighted by Crippen LogP contribution is -2.23. The van der Waals surface area contributed by atoms with Gasteiger partial charge >= 0.3 is 5.97 Å². The van der Waals surface area contributed by atoms with E-state index in [0.717, 1.165) is 49.4 Å². The topological polar surface area (TPSA) is 52.3 Å². The highest BCUT2D eigenvalue weighted by Gasteiger charge is 2.52. The van der Waals surface area contributed by atoms with Gasteiger partial charge in [0.1, 0.15) is 0 Å². The van der Waals surface area contributed by atoms with E-state index in [-0.39, 0.29) is 5.97 Å². The molecule has 0 atom stereocenters. The van der Waals surface area contributed by atoms with Gasteiger partial charge in [0.15, 0.2) is 0 Å². The maximum Gasteiger partial charge on any atom is 0.316 e. The summed E-state index contributed by atoms with van der Waals surface area (Å²) in [4.78, 5) is 13.3. The lowest BCUT2D eigenvalue weighted by molar-refractivity contribution is -0.146. The fourth-order valence-corrected chi connectivity index (χ4v) is 4.94. The van der Waals surface area contributed by atoms with E-state index in [2.05, 4.69) is 64.5 Å². The van der Waals surface area contributed by atoms with Crippen molar-refractivity contribution in [2.24, 2.45) is 0 Å². The Kier molecular flexibility index (Phi) is 4.82. The Morgan fingerprint density at radius 1 is 1.07 bits per heavy atom. The number of carbonyl (C=O) groups is 1. The van der Waals surface area contributed by atoms with Gasteiger partial charge in [-0.3, -0.25) is 4.79 Å². The molecule has 0 unspecified atom stereocenters. The smallest absolute Gasteiger partial charge is 0.316 e. The number of esters is 1. The minimum atomic E-state index is -0.414. The third kappa shape index (κ3) is 3.42. The van der Waals surface area contributed by atoms with E-state index < -0.39 is 5.41 Å². The van der Waals surface area contributed by atoms with Crippen LogP contribution in [0.25, 0.3) is 21.6 Å². The summed E-state index contributed by atoms with van der Waals surface area (Å²) in [5, 5.41) is 0. The van der Waals surface area contributed by atoms with Crippen molar-refractivity contribution in [3.8, 4) is 21.6 Å². The Morgan fingerprint density at radius 2 is 1.63 bits per heavy atom. The van der Waals surface area contributed by atoms with E-state index in [1.165, 1.54) is 0 Å². The number of anilines is 1. The Balaban J connectivity index is 1.56. The molecule has 1 aliphatic carbocycles. The van der Waals surface area contributed by atoms with Gasteiger partial charge in [-0.15, -0.1) is 11.3 Å². The van der Waals surface area contributed by atoms with E-state index in [9.17, 15) is 4.79 Å². The van der Waals surface area contributed by atoms with Crippen molar-refractivity contribution in [2.45, 2.75) is 25.2 Å². The Labute approximate surface area is 171 Å². The average molecular weight is 442 g/mol. The molecule has 0 amide bonds. The summed E-state index contributed by atoms with van der Waals surface area (Å²) >= 11 is 5.12. The minimum Gasteiger partial charge on any atom is -0.465 e. The number of carbonyl (C=O) groups excluding carboxylic acids is 1. The second-order valence-corrected chi connectivity index (χ2v) is 9.22. The molecule has 1 fully saturated rings. The van der Waals surface area contributed by atoms with Gasteiger partial charge in [-0.1, -0.05) is 48.5 Å². The van der Waals surface area contributed by atoms with Crippen LogP contribution >= 0.6 is 27.3 Å². The van der Waals surface area contributed by atoms with Crippen LogP contribution in [-0.4, -0.2) is 12.6 Å². The third-order valence-electron chi connectivity index (χ3n) is 5.06. The van der Waals surface area contributed by atoms with E-state index >= 15 is 0 Å². The standard InChI is InChI=1S/C22H20BrNO2S/c1-2-26-21(25)22(11-12-22)17-9-7-15(8-10-17)14-3-5-16(6-4-14)20-18(24)13-19(23)27-20/h3-10,13H,2,11-12,24H2,1H3. The Bertz CT molecular complexity index is 973. The lowest BCUT2D eigenvalue weighted by atomic mass is 9.93. The van der Waals surface area contributed by atoms with E-state index in [1.807, 2.05) is 13.0 Å². The van der Waals surface area contributed by atoms with Crippen molar-refractivity contribution >= 4 is 38.9 Å². The third-order valence-corrected chi connectivity index (χ3v) is 6.77.